The largest absolute Gasteiger partial charge is 0.395 e. The van der Waals surface area contributed by atoms with Gasteiger partial charge in [0.25, 0.3) is 0 Å². The Bertz CT molecular complexity index is 1350. The van der Waals surface area contributed by atoms with E-state index in [0.717, 1.165) is 77.5 Å². The van der Waals surface area contributed by atoms with Crippen molar-refractivity contribution in [3.05, 3.63) is 58.6 Å². The molecule has 0 radical (unpaired) electrons. The Morgan fingerprint density at radius 1 is 1.23 bits per heavy atom. The highest BCUT2D eigenvalue weighted by Crippen LogP contribution is 2.33. The molecule has 184 valence electrons. The maximum absolute atomic E-state index is 9.64. The normalized spacial score (nSPS) is 16.4. The number of aliphatic hydroxyl groups excluding tert-OH is 1. The molecule has 1 saturated heterocycles. The van der Waals surface area contributed by atoms with E-state index in [1.165, 1.54) is 0 Å². The van der Waals surface area contributed by atoms with Crippen molar-refractivity contribution in [3.8, 4) is 5.82 Å². The molecule has 0 unspecified atom stereocenters. The number of anilines is 2. The summed E-state index contributed by atoms with van der Waals surface area (Å²) >= 11 is 6.65. The molecule has 5 rings (SSSR count). The van der Waals surface area contributed by atoms with Gasteiger partial charge in [0.05, 0.1) is 17.3 Å². The number of hydrogen-bond donors (Lipinski definition) is 2. The molecule has 4 heterocycles. The van der Waals surface area contributed by atoms with Crippen LogP contribution in [0, 0.1) is 13.8 Å². The minimum Gasteiger partial charge on any atom is -0.395 e. The highest BCUT2D eigenvalue weighted by molar-refractivity contribution is 6.36. The Morgan fingerprint density at radius 3 is 2.89 bits per heavy atom. The van der Waals surface area contributed by atoms with Crippen molar-refractivity contribution in [2.24, 2.45) is 0 Å². The van der Waals surface area contributed by atoms with Crippen molar-refractivity contribution in [2.75, 3.05) is 18.5 Å². The molecule has 3 aromatic heterocycles. The molecule has 2 N–H and O–H groups in total. The fourth-order valence-corrected chi connectivity index (χ4v) is 5.25. The van der Waals surface area contributed by atoms with Gasteiger partial charge in [0.2, 0.25) is 5.95 Å². The second-order valence-electron chi connectivity index (χ2n) is 9.28. The number of nitrogens with one attached hydrogen (secondary N) is 1. The van der Waals surface area contributed by atoms with Gasteiger partial charge in [0.15, 0.2) is 5.82 Å². The van der Waals surface area contributed by atoms with Crippen LogP contribution in [0.4, 0.5) is 11.6 Å². The van der Waals surface area contributed by atoms with Crippen LogP contribution < -0.4 is 5.32 Å². The van der Waals surface area contributed by atoms with Crippen molar-refractivity contribution in [3.63, 3.8) is 0 Å². The van der Waals surface area contributed by atoms with E-state index in [9.17, 15) is 5.11 Å². The van der Waals surface area contributed by atoms with E-state index in [1.54, 1.807) is 10.9 Å². The third-order valence-corrected chi connectivity index (χ3v) is 7.39. The molecule has 0 bridgehead atoms. The second-order valence-corrected chi connectivity index (χ2v) is 9.66. The Morgan fingerprint density at radius 2 is 2.09 bits per heavy atom. The predicted molar refractivity (Wildman–Crippen MR) is 140 cm³/mol. The van der Waals surface area contributed by atoms with Gasteiger partial charge in [0.1, 0.15) is 0 Å². The smallest absolute Gasteiger partial charge is 0.229 e. The first-order valence-electron chi connectivity index (χ1n) is 12.3. The number of hydrogen-bond acceptors (Lipinski definition) is 6. The van der Waals surface area contributed by atoms with Gasteiger partial charge in [-0.15, -0.1) is 0 Å². The van der Waals surface area contributed by atoms with E-state index in [-0.39, 0.29) is 12.6 Å². The van der Waals surface area contributed by atoms with Gasteiger partial charge >= 0.3 is 0 Å². The highest BCUT2D eigenvalue weighted by atomic mass is 35.5. The first-order chi connectivity index (χ1) is 17.0. The number of rotatable bonds is 8. The number of nitrogens with zero attached hydrogens (tertiary/aromatic N) is 6. The zero-order valence-electron chi connectivity index (χ0n) is 20.5. The molecule has 0 aliphatic carbocycles. The van der Waals surface area contributed by atoms with Crippen molar-refractivity contribution >= 4 is 34.1 Å². The highest BCUT2D eigenvalue weighted by Gasteiger charge is 2.25. The lowest BCUT2D eigenvalue weighted by Gasteiger charge is -2.22. The number of likely N-dealkylation sites (tertiary alicyclic amines) is 1. The fraction of sp³-hybridized carbons (Fsp3) is 0.423. The summed E-state index contributed by atoms with van der Waals surface area (Å²) in [4.78, 5) is 11.4. The second kappa shape index (κ2) is 9.97. The monoisotopic (exact) mass is 493 g/mol. The van der Waals surface area contributed by atoms with Crippen LogP contribution in [0.3, 0.4) is 0 Å². The van der Waals surface area contributed by atoms with Crippen LogP contribution >= 0.6 is 11.6 Å². The minimum absolute atomic E-state index is 0.202. The summed E-state index contributed by atoms with van der Waals surface area (Å²) in [5, 5.41) is 19.5. The predicted octanol–water partition coefficient (Wildman–Crippen LogP) is 5.00. The number of benzene rings is 1. The Hall–Kier alpha value is -2.94. The molecule has 4 aromatic rings. The minimum atomic E-state index is 0.202. The van der Waals surface area contributed by atoms with Gasteiger partial charge < -0.3 is 15.0 Å². The zero-order chi connectivity index (χ0) is 24.5. The van der Waals surface area contributed by atoms with E-state index in [2.05, 4.69) is 45.7 Å². The molecule has 1 atom stereocenters. The van der Waals surface area contributed by atoms with Gasteiger partial charge in [-0.2, -0.15) is 10.1 Å². The fourth-order valence-electron chi connectivity index (χ4n) is 4.99. The van der Waals surface area contributed by atoms with Gasteiger partial charge in [-0.3, -0.25) is 4.90 Å². The van der Waals surface area contributed by atoms with Crippen molar-refractivity contribution < 1.29 is 5.11 Å². The van der Waals surface area contributed by atoms with Gasteiger partial charge in [0, 0.05) is 65.4 Å². The van der Waals surface area contributed by atoms with Crippen LogP contribution in [0.15, 0.2) is 36.7 Å². The van der Waals surface area contributed by atoms with Gasteiger partial charge in [-0.05, 0) is 57.9 Å². The molecule has 1 aliphatic rings. The summed E-state index contributed by atoms with van der Waals surface area (Å²) in [6.45, 7) is 9.18. The maximum atomic E-state index is 9.64. The topological polar surface area (TPSA) is 84.0 Å². The Balaban J connectivity index is 1.37. The zero-order valence-corrected chi connectivity index (χ0v) is 21.3. The quantitative estimate of drug-likeness (QED) is 0.359. The van der Waals surface area contributed by atoms with Crippen LogP contribution in [0.2, 0.25) is 5.02 Å². The van der Waals surface area contributed by atoms with E-state index in [0.29, 0.717) is 11.8 Å². The third kappa shape index (κ3) is 4.66. The van der Waals surface area contributed by atoms with E-state index in [4.69, 9.17) is 21.7 Å². The van der Waals surface area contributed by atoms with Crippen LogP contribution in [-0.2, 0) is 13.1 Å². The van der Waals surface area contributed by atoms with Crippen molar-refractivity contribution in [1.29, 1.82) is 0 Å². The van der Waals surface area contributed by atoms with E-state index < -0.39 is 0 Å². The summed E-state index contributed by atoms with van der Waals surface area (Å²) in [5.74, 6) is 1.19. The molecule has 35 heavy (non-hydrogen) atoms. The maximum Gasteiger partial charge on any atom is 0.229 e. The number of halogens is 1. The molecule has 1 aromatic carbocycles. The molecule has 8 nitrogen and oxygen atoms in total. The number of fused-ring (bicyclic) bond motifs is 1. The Kier molecular flexibility index (Phi) is 6.77. The van der Waals surface area contributed by atoms with Crippen molar-refractivity contribution in [2.45, 2.75) is 59.2 Å². The lowest BCUT2D eigenvalue weighted by Crippen LogP contribution is -2.31. The summed E-state index contributed by atoms with van der Waals surface area (Å²) in [7, 11) is 0. The van der Waals surface area contributed by atoms with Crippen molar-refractivity contribution in [1.82, 2.24) is 29.2 Å². The summed E-state index contributed by atoms with van der Waals surface area (Å²) in [6.07, 6.45) is 6.98. The molecule has 0 amide bonds. The number of aliphatic hydroxyl groups is 1. The molecule has 1 aliphatic heterocycles. The lowest BCUT2D eigenvalue weighted by atomic mass is 10.2. The Labute approximate surface area is 210 Å². The summed E-state index contributed by atoms with van der Waals surface area (Å²) < 4.78 is 4.07. The van der Waals surface area contributed by atoms with Crippen LogP contribution in [0.1, 0.15) is 43.1 Å². The molecule has 0 spiro atoms. The molecule has 9 heteroatoms. The first kappa shape index (κ1) is 23.8. The first-order valence-corrected chi connectivity index (χ1v) is 12.6. The SMILES string of the molecule is CCCn1c(C)c(Cl)c2cc(Nc3nccc(-n4cc(CN5CCC[C@H]5CO)c(C)n4)n3)ccc21. The van der Waals surface area contributed by atoms with Crippen LogP contribution in [0.5, 0.6) is 0 Å². The summed E-state index contributed by atoms with van der Waals surface area (Å²) in [6, 6.07) is 8.26. The standard InChI is InChI=1S/C26H32ClN7O/c1-4-11-33-18(3)25(27)22-13-20(7-8-23(22)33)29-26-28-10-9-24(30-26)34-15-19(17(2)31-34)14-32-12-5-6-21(32)16-35/h7-10,13,15,21,35H,4-6,11-12,14,16H2,1-3H3,(H,28,29,30)/t21-/m0/s1. The summed E-state index contributed by atoms with van der Waals surface area (Å²) in [5.41, 5.74) is 5.21. The van der Waals surface area contributed by atoms with Crippen LogP contribution in [0.25, 0.3) is 16.7 Å². The molecule has 0 saturated carbocycles. The average Bonchev–Trinajstić information content (AvgIpc) is 3.53. The van der Waals surface area contributed by atoms with Crippen LogP contribution in [-0.4, -0.2) is 53.5 Å². The third-order valence-electron chi connectivity index (χ3n) is 6.91. The average molecular weight is 494 g/mol. The number of aromatic nitrogens is 5. The lowest BCUT2D eigenvalue weighted by molar-refractivity contribution is 0.153. The van der Waals surface area contributed by atoms with E-state index in [1.807, 2.05) is 25.3 Å². The van der Waals surface area contributed by atoms with E-state index >= 15 is 0 Å². The molecular weight excluding hydrogens is 462 g/mol. The van der Waals surface area contributed by atoms with Gasteiger partial charge in [-0.1, -0.05) is 18.5 Å². The van der Waals surface area contributed by atoms with Gasteiger partial charge in [-0.25, -0.2) is 9.67 Å². The number of aryl methyl sites for hydroxylation is 2. The molecule has 1 fully saturated rings. The molecular formula is C26H32ClN7O.